The number of aliphatic hydroxyl groups is 1. The molecule has 0 saturated heterocycles. The van der Waals surface area contributed by atoms with Crippen molar-refractivity contribution >= 4 is 0 Å². The molecule has 1 fully saturated rings. The van der Waals surface area contributed by atoms with E-state index in [1.807, 2.05) is 0 Å². The number of rotatable bonds is 6. The predicted octanol–water partition coefficient (Wildman–Crippen LogP) is 5.83. The van der Waals surface area contributed by atoms with E-state index in [-0.39, 0.29) is 6.10 Å². The molecular formula is C20H38O. The molecule has 0 heterocycles. The maximum atomic E-state index is 10.1. The van der Waals surface area contributed by atoms with E-state index in [4.69, 9.17) is 0 Å². The van der Waals surface area contributed by atoms with Gasteiger partial charge < -0.3 is 5.11 Å². The standard InChI is InChI=1S/C20H38O/c1-13(2)18(21)10-9-16(7)17-11-12-20(8,15(5)6)19(17)14(3)4/h13-15,18-19,21H,9-12H2,1-8H3/b17-16-/t18?,19-,20+/m0/s1. The monoisotopic (exact) mass is 294 g/mol. The van der Waals surface area contributed by atoms with Crippen LogP contribution in [0.25, 0.3) is 0 Å². The average Bonchev–Trinajstić information content (AvgIpc) is 2.74. The predicted molar refractivity (Wildman–Crippen MR) is 93.3 cm³/mol. The van der Waals surface area contributed by atoms with Crippen molar-refractivity contribution in [1.29, 1.82) is 0 Å². The van der Waals surface area contributed by atoms with Gasteiger partial charge in [0.25, 0.3) is 0 Å². The fourth-order valence-corrected chi connectivity index (χ4v) is 4.26. The second kappa shape index (κ2) is 7.31. The molecule has 0 aromatic rings. The van der Waals surface area contributed by atoms with Gasteiger partial charge in [-0.25, -0.2) is 0 Å². The van der Waals surface area contributed by atoms with Crippen LogP contribution in [0.5, 0.6) is 0 Å². The van der Waals surface area contributed by atoms with Gasteiger partial charge in [-0.1, -0.05) is 59.6 Å². The first-order valence-electron chi connectivity index (χ1n) is 8.97. The van der Waals surface area contributed by atoms with E-state index in [2.05, 4.69) is 55.4 Å². The van der Waals surface area contributed by atoms with E-state index in [1.54, 1.807) is 11.1 Å². The van der Waals surface area contributed by atoms with E-state index in [9.17, 15) is 5.11 Å². The largest absolute Gasteiger partial charge is 0.393 e. The summed E-state index contributed by atoms with van der Waals surface area (Å²) in [6.07, 6.45) is 4.41. The average molecular weight is 295 g/mol. The Labute approximate surface area is 133 Å². The molecule has 0 spiro atoms. The lowest BCUT2D eigenvalue weighted by molar-refractivity contribution is 0.115. The fraction of sp³-hybridized carbons (Fsp3) is 0.900. The summed E-state index contributed by atoms with van der Waals surface area (Å²) in [5.41, 5.74) is 3.71. The van der Waals surface area contributed by atoms with Gasteiger partial charge in [0.15, 0.2) is 0 Å². The molecular weight excluding hydrogens is 256 g/mol. The minimum Gasteiger partial charge on any atom is -0.393 e. The molecule has 1 saturated carbocycles. The lowest BCUT2D eigenvalue weighted by atomic mass is 9.66. The number of allylic oxidation sites excluding steroid dienone is 2. The molecule has 1 heteroatoms. The molecule has 3 atom stereocenters. The quantitative estimate of drug-likeness (QED) is 0.611. The van der Waals surface area contributed by atoms with Crippen LogP contribution in [0, 0.1) is 29.1 Å². The normalized spacial score (nSPS) is 30.6. The highest BCUT2D eigenvalue weighted by molar-refractivity contribution is 5.24. The molecule has 1 aliphatic carbocycles. The van der Waals surface area contributed by atoms with E-state index in [1.165, 1.54) is 12.8 Å². The fourth-order valence-electron chi connectivity index (χ4n) is 4.26. The molecule has 0 radical (unpaired) electrons. The van der Waals surface area contributed by atoms with Crippen LogP contribution in [0.2, 0.25) is 0 Å². The molecule has 1 aliphatic rings. The Kier molecular flexibility index (Phi) is 6.53. The Balaban J connectivity index is 2.92. The summed E-state index contributed by atoms with van der Waals surface area (Å²) in [6.45, 7) is 18.5. The zero-order chi connectivity index (χ0) is 16.4. The number of aliphatic hydroxyl groups excluding tert-OH is 1. The molecule has 21 heavy (non-hydrogen) atoms. The topological polar surface area (TPSA) is 20.2 Å². The number of hydrogen-bond acceptors (Lipinski definition) is 1. The maximum absolute atomic E-state index is 10.1. The van der Waals surface area contributed by atoms with Crippen LogP contribution in [0.15, 0.2) is 11.1 Å². The van der Waals surface area contributed by atoms with Crippen molar-refractivity contribution < 1.29 is 5.11 Å². The van der Waals surface area contributed by atoms with Crippen molar-refractivity contribution in [1.82, 2.24) is 0 Å². The molecule has 124 valence electrons. The van der Waals surface area contributed by atoms with Crippen molar-refractivity contribution in [2.24, 2.45) is 29.1 Å². The first kappa shape index (κ1) is 18.7. The van der Waals surface area contributed by atoms with Crippen molar-refractivity contribution in [2.45, 2.75) is 87.2 Å². The van der Waals surface area contributed by atoms with Crippen LogP contribution < -0.4 is 0 Å². The summed E-state index contributed by atoms with van der Waals surface area (Å²) in [7, 11) is 0. The van der Waals surface area contributed by atoms with Crippen molar-refractivity contribution in [2.75, 3.05) is 0 Å². The summed E-state index contributed by atoms with van der Waals surface area (Å²) < 4.78 is 0. The molecule has 1 rings (SSSR count). The SMILES string of the molecule is C/C(CCC(O)C(C)C)=C1\CC[C@](C)(C(C)C)[C@H]1C(C)C. The lowest BCUT2D eigenvalue weighted by Crippen LogP contribution is -2.32. The van der Waals surface area contributed by atoms with Crippen LogP contribution in [-0.2, 0) is 0 Å². The van der Waals surface area contributed by atoms with Gasteiger partial charge in [-0.05, 0) is 61.7 Å². The Morgan fingerprint density at radius 2 is 1.76 bits per heavy atom. The minimum absolute atomic E-state index is 0.157. The Hall–Kier alpha value is -0.300. The highest BCUT2D eigenvalue weighted by Crippen LogP contribution is 2.55. The van der Waals surface area contributed by atoms with Crippen molar-refractivity contribution in [3.8, 4) is 0 Å². The third-order valence-corrected chi connectivity index (χ3v) is 6.14. The van der Waals surface area contributed by atoms with E-state index < -0.39 is 0 Å². The molecule has 1 N–H and O–H groups in total. The Bertz CT molecular complexity index is 364. The first-order chi connectivity index (χ1) is 9.61. The van der Waals surface area contributed by atoms with Gasteiger partial charge in [0.05, 0.1) is 6.10 Å². The zero-order valence-corrected chi connectivity index (χ0v) is 15.7. The van der Waals surface area contributed by atoms with Gasteiger partial charge >= 0.3 is 0 Å². The molecule has 0 aliphatic heterocycles. The second-order valence-electron chi connectivity index (χ2n) is 8.54. The van der Waals surface area contributed by atoms with Gasteiger partial charge in [0, 0.05) is 0 Å². The maximum Gasteiger partial charge on any atom is 0.0566 e. The highest BCUT2D eigenvalue weighted by atomic mass is 16.3. The van der Waals surface area contributed by atoms with Crippen LogP contribution in [0.4, 0.5) is 0 Å². The van der Waals surface area contributed by atoms with Crippen molar-refractivity contribution in [3.63, 3.8) is 0 Å². The smallest absolute Gasteiger partial charge is 0.0566 e. The summed E-state index contributed by atoms with van der Waals surface area (Å²) in [4.78, 5) is 0. The number of hydrogen-bond donors (Lipinski definition) is 1. The van der Waals surface area contributed by atoms with E-state index in [0.717, 1.165) is 18.8 Å². The highest BCUT2D eigenvalue weighted by Gasteiger charge is 2.45. The summed E-state index contributed by atoms with van der Waals surface area (Å²) in [5.74, 6) is 2.53. The molecule has 1 unspecified atom stereocenters. The van der Waals surface area contributed by atoms with Gasteiger partial charge in [0.2, 0.25) is 0 Å². The summed E-state index contributed by atoms with van der Waals surface area (Å²) >= 11 is 0. The van der Waals surface area contributed by atoms with Gasteiger partial charge in [-0.3, -0.25) is 0 Å². The summed E-state index contributed by atoms with van der Waals surface area (Å²) in [5, 5.41) is 10.1. The van der Waals surface area contributed by atoms with Gasteiger partial charge in [-0.2, -0.15) is 0 Å². The Morgan fingerprint density at radius 3 is 2.19 bits per heavy atom. The van der Waals surface area contributed by atoms with E-state index >= 15 is 0 Å². The molecule has 0 aromatic carbocycles. The summed E-state index contributed by atoms with van der Waals surface area (Å²) in [6, 6.07) is 0. The van der Waals surface area contributed by atoms with Crippen molar-refractivity contribution in [3.05, 3.63) is 11.1 Å². The Morgan fingerprint density at radius 1 is 1.19 bits per heavy atom. The van der Waals surface area contributed by atoms with Gasteiger partial charge in [0.1, 0.15) is 0 Å². The van der Waals surface area contributed by atoms with Crippen LogP contribution in [0.1, 0.15) is 81.1 Å². The van der Waals surface area contributed by atoms with Gasteiger partial charge in [-0.15, -0.1) is 0 Å². The third-order valence-electron chi connectivity index (χ3n) is 6.14. The molecule has 0 aromatic heterocycles. The minimum atomic E-state index is -0.157. The van der Waals surface area contributed by atoms with Crippen LogP contribution in [0.3, 0.4) is 0 Å². The molecule has 0 bridgehead atoms. The zero-order valence-electron chi connectivity index (χ0n) is 15.7. The lowest BCUT2D eigenvalue weighted by Gasteiger charge is -2.39. The molecule has 0 amide bonds. The third kappa shape index (κ3) is 4.12. The van der Waals surface area contributed by atoms with E-state index in [0.29, 0.717) is 23.2 Å². The first-order valence-corrected chi connectivity index (χ1v) is 8.97. The second-order valence-corrected chi connectivity index (χ2v) is 8.54. The molecule has 1 nitrogen and oxygen atoms in total. The van der Waals surface area contributed by atoms with Crippen LogP contribution >= 0.6 is 0 Å². The van der Waals surface area contributed by atoms with Crippen LogP contribution in [-0.4, -0.2) is 11.2 Å².